The van der Waals surface area contributed by atoms with Gasteiger partial charge in [-0.2, -0.15) is 5.10 Å². The van der Waals surface area contributed by atoms with Crippen LogP contribution in [0.2, 0.25) is 0 Å². The van der Waals surface area contributed by atoms with Gasteiger partial charge in [0.1, 0.15) is 5.75 Å². The van der Waals surface area contributed by atoms with Crippen LogP contribution in [0, 0.1) is 0 Å². The van der Waals surface area contributed by atoms with Crippen molar-refractivity contribution >= 4 is 12.1 Å². The van der Waals surface area contributed by atoms with Crippen molar-refractivity contribution in [1.82, 2.24) is 5.43 Å². The van der Waals surface area contributed by atoms with Gasteiger partial charge in [-0.15, -0.1) is 0 Å². The molecule has 0 aliphatic rings. The van der Waals surface area contributed by atoms with Gasteiger partial charge >= 0.3 is 0 Å². The fourth-order valence-corrected chi connectivity index (χ4v) is 1.99. The summed E-state index contributed by atoms with van der Waals surface area (Å²) in [7, 11) is 0. The Kier molecular flexibility index (Phi) is 9.75. The third kappa shape index (κ3) is 8.45. The first-order chi connectivity index (χ1) is 10.8. The van der Waals surface area contributed by atoms with Crippen LogP contribution < -0.4 is 10.2 Å². The van der Waals surface area contributed by atoms with E-state index in [1.54, 1.807) is 6.21 Å². The summed E-state index contributed by atoms with van der Waals surface area (Å²) in [5, 5.41) is 3.98. The number of hydrazone groups is 1. The Balaban J connectivity index is 2.22. The Bertz CT molecular complexity index is 441. The van der Waals surface area contributed by atoms with Gasteiger partial charge in [0, 0.05) is 6.42 Å². The highest BCUT2D eigenvalue weighted by molar-refractivity contribution is 5.82. The van der Waals surface area contributed by atoms with Crippen LogP contribution in [0.5, 0.6) is 5.75 Å². The zero-order chi connectivity index (χ0) is 16.0. The molecule has 0 radical (unpaired) electrons. The summed E-state index contributed by atoms with van der Waals surface area (Å²) in [6.07, 6.45) is 8.92. The summed E-state index contributed by atoms with van der Waals surface area (Å²) < 4.78 is 5.51. The number of ether oxygens (including phenoxy) is 1. The number of nitrogens with one attached hydrogen (secondary N) is 1. The van der Waals surface area contributed by atoms with Crippen molar-refractivity contribution in [3.63, 3.8) is 0 Å². The highest BCUT2D eigenvalue weighted by Crippen LogP contribution is 2.11. The maximum absolute atomic E-state index is 11.6. The van der Waals surface area contributed by atoms with E-state index in [4.69, 9.17) is 4.74 Å². The lowest BCUT2D eigenvalue weighted by atomic mass is 10.1. The van der Waals surface area contributed by atoms with Crippen LogP contribution in [0.4, 0.5) is 0 Å². The number of carbonyl (C=O) groups excluding carboxylic acids is 1. The molecule has 0 aliphatic carbocycles. The molecule has 0 unspecified atom stereocenters. The number of amides is 1. The number of hydrogen-bond acceptors (Lipinski definition) is 3. The van der Waals surface area contributed by atoms with E-state index in [1.807, 2.05) is 24.3 Å². The van der Waals surface area contributed by atoms with Crippen molar-refractivity contribution in [2.24, 2.45) is 5.10 Å². The minimum absolute atomic E-state index is 0.0179. The first-order valence-electron chi connectivity index (χ1n) is 8.31. The molecule has 0 heterocycles. The number of hydrogen-bond donors (Lipinski definition) is 1. The molecule has 0 aliphatic heterocycles. The Morgan fingerprint density at radius 1 is 1.09 bits per heavy atom. The Hall–Kier alpha value is -1.84. The van der Waals surface area contributed by atoms with E-state index in [0.29, 0.717) is 6.42 Å². The molecule has 1 aromatic carbocycles. The highest BCUT2D eigenvalue weighted by atomic mass is 16.5. The van der Waals surface area contributed by atoms with Crippen LogP contribution >= 0.6 is 0 Å². The van der Waals surface area contributed by atoms with Gasteiger partial charge in [-0.25, -0.2) is 5.43 Å². The summed E-state index contributed by atoms with van der Waals surface area (Å²) in [6.45, 7) is 4.99. The van der Waals surface area contributed by atoms with E-state index >= 15 is 0 Å². The predicted octanol–water partition coefficient (Wildman–Crippen LogP) is 4.29. The molecular formula is C18H28N2O2. The molecule has 4 heteroatoms. The molecule has 122 valence electrons. The second kappa shape index (κ2) is 11.8. The van der Waals surface area contributed by atoms with Crippen LogP contribution in [-0.4, -0.2) is 18.7 Å². The van der Waals surface area contributed by atoms with Gasteiger partial charge < -0.3 is 4.74 Å². The van der Waals surface area contributed by atoms with E-state index in [-0.39, 0.29) is 5.91 Å². The third-order valence-electron chi connectivity index (χ3n) is 3.26. The van der Waals surface area contributed by atoms with Crippen LogP contribution in [0.25, 0.3) is 0 Å². The molecule has 0 saturated carbocycles. The van der Waals surface area contributed by atoms with Crippen LogP contribution in [0.15, 0.2) is 29.4 Å². The van der Waals surface area contributed by atoms with Gasteiger partial charge in [0.25, 0.3) is 0 Å². The SMILES string of the molecule is CCCCCCCC(=O)N/N=C/c1ccc(OCCC)cc1. The molecule has 0 atom stereocenters. The minimum Gasteiger partial charge on any atom is -0.494 e. The first-order valence-corrected chi connectivity index (χ1v) is 8.31. The number of rotatable bonds is 11. The van der Waals surface area contributed by atoms with Gasteiger partial charge in [0.05, 0.1) is 12.8 Å². The second-order valence-corrected chi connectivity index (χ2v) is 5.37. The Labute approximate surface area is 134 Å². The zero-order valence-corrected chi connectivity index (χ0v) is 13.8. The van der Waals surface area contributed by atoms with Crippen molar-refractivity contribution in [1.29, 1.82) is 0 Å². The van der Waals surface area contributed by atoms with Crippen LogP contribution in [0.1, 0.15) is 64.4 Å². The average Bonchev–Trinajstić information content (AvgIpc) is 2.54. The second-order valence-electron chi connectivity index (χ2n) is 5.37. The smallest absolute Gasteiger partial charge is 0.240 e. The van der Waals surface area contributed by atoms with Gasteiger partial charge in [-0.3, -0.25) is 4.79 Å². The molecule has 1 amide bonds. The fourth-order valence-electron chi connectivity index (χ4n) is 1.99. The molecule has 0 saturated heterocycles. The largest absolute Gasteiger partial charge is 0.494 e. The number of unbranched alkanes of at least 4 members (excludes halogenated alkanes) is 4. The molecule has 22 heavy (non-hydrogen) atoms. The summed E-state index contributed by atoms with van der Waals surface area (Å²) in [5.41, 5.74) is 3.51. The summed E-state index contributed by atoms with van der Waals surface area (Å²) in [5.74, 6) is 0.839. The van der Waals surface area contributed by atoms with Gasteiger partial charge in [-0.1, -0.05) is 39.5 Å². The van der Waals surface area contributed by atoms with E-state index in [1.165, 1.54) is 19.3 Å². The first kappa shape index (κ1) is 18.2. The van der Waals surface area contributed by atoms with Crippen molar-refractivity contribution < 1.29 is 9.53 Å². The van der Waals surface area contributed by atoms with Crippen molar-refractivity contribution in [2.75, 3.05) is 6.61 Å². The number of benzene rings is 1. The standard InChI is InChI=1S/C18H28N2O2/c1-3-5-6-7-8-9-18(21)20-19-15-16-10-12-17(13-11-16)22-14-4-2/h10-13,15H,3-9,14H2,1-2H3,(H,20,21)/b19-15+. The van der Waals surface area contributed by atoms with Crippen molar-refractivity contribution in [3.05, 3.63) is 29.8 Å². The Morgan fingerprint density at radius 3 is 2.50 bits per heavy atom. The topological polar surface area (TPSA) is 50.7 Å². The number of carbonyl (C=O) groups is 1. The summed E-state index contributed by atoms with van der Waals surface area (Å²) in [4.78, 5) is 11.6. The number of nitrogens with zero attached hydrogens (tertiary/aromatic N) is 1. The maximum Gasteiger partial charge on any atom is 0.240 e. The molecule has 0 aromatic heterocycles. The summed E-state index contributed by atoms with van der Waals surface area (Å²) in [6, 6.07) is 7.66. The molecule has 0 fully saturated rings. The Morgan fingerprint density at radius 2 is 1.82 bits per heavy atom. The predicted molar refractivity (Wildman–Crippen MR) is 91.3 cm³/mol. The van der Waals surface area contributed by atoms with E-state index < -0.39 is 0 Å². The lowest BCUT2D eigenvalue weighted by molar-refractivity contribution is -0.121. The highest BCUT2D eigenvalue weighted by Gasteiger charge is 1.99. The van der Waals surface area contributed by atoms with Crippen molar-refractivity contribution in [3.8, 4) is 5.75 Å². The third-order valence-corrected chi connectivity index (χ3v) is 3.26. The molecule has 1 aromatic rings. The van der Waals surface area contributed by atoms with Gasteiger partial charge in [-0.05, 0) is 42.7 Å². The van der Waals surface area contributed by atoms with Gasteiger partial charge in [0.15, 0.2) is 0 Å². The maximum atomic E-state index is 11.6. The zero-order valence-electron chi connectivity index (χ0n) is 13.8. The lowest BCUT2D eigenvalue weighted by Crippen LogP contribution is -2.16. The monoisotopic (exact) mass is 304 g/mol. The summed E-state index contributed by atoms with van der Waals surface area (Å²) >= 11 is 0. The van der Waals surface area contributed by atoms with Crippen LogP contribution in [0.3, 0.4) is 0 Å². The van der Waals surface area contributed by atoms with E-state index in [9.17, 15) is 4.79 Å². The van der Waals surface area contributed by atoms with E-state index in [0.717, 1.165) is 37.2 Å². The van der Waals surface area contributed by atoms with E-state index in [2.05, 4.69) is 24.4 Å². The molecule has 0 bridgehead atoms. The normalized spacial score (nSPS) is 10.8. The van der Waals surface area contributed by atoms with Crippen LogP contribution in [-0.2, 0) is 4.79 Å². The van der Waals surface area contributed by atoms with Gasteiger partial charge in [0.2, 0.25) is 5.91 Å². The molecule has 4 nitrogen and oxygen atoms in total. The molecule has 1 N–H and O–H groups in total. The lowest BCUT2D eigenvalue weighted by Gasteiger charge is -2.04. The van der Waals surface area contributed by atoms with Crippen molar-refractivity contribution in [2.45, 2.75) is 58.8 Å². The minimum atomic E-state index is -0.0179. The fraction of sp³-hybridized carbons (Fsp3) is 0.556. The molecule has 1 rings (SSSR count). The molecular weight excluding hydrogens is 276 g/mol. The quantitative estimate of drug-likeness (QED) is 0.377. The average molecular weight is 304 g/mol. The molecule has 0 spiro atoms.